The molecule has 1 aliphatic heterocycles. The minimum atomic E-state index is -4.12. The van der Waals surface area contributed by atoms with Gasteiger partial charge in [0.25, 0.3) is 0 Å². The Bertz CT molecular complexity index is 1350. The van der Waals surface area contributed by atoms with Crippen molar-refractivity contribution in [3.8, 4) is 0 Å². The van der Waals surface area contributed by atoms with E-state index in [9.17, 15) is 13.2 Å². The summed E-state index contributed by atoms with van der Waals surface area (Å²) in [6, 6.07) is 18.3. The summed E-state index contributed by atoms with van der Waals surface area (Å²) in [6.45, 7) is 4.15. The predicted octanol–water partition coefficient (Wildman–Crippen LogP) is 5.19. The van der Waals surface area contributed by atoms with E-state index in [0.717, 1.165) is 16.8 Å². The summed E-state index contributed by atoms with van der Waals surface area (Å²) in [6.07, 6.45) is 0.199. The van der Waals surface area contributed by atoms with E-state index in [1.54, 1.807) is 4.90 Å². The van der Waals surface area contributed by atoms with E-state index in [1.807, 2.05) is 55.5 Å². The SMILES string of the molecule is Cc1ccc(Cl)cc1N1CCN(C(=O)C(Cc2ccccc2)NS(=O)(=O)c2cc(Cl)ccc2Cl)CC1. The van der Waals surface area contributed by atoms with Crippen molar-refractivity contribution in [2.45, 2.75) is 24.3 Å². The average Bonchev–Trinajstić information content (AvgIpc) is 2.86. The molecule has 6 nitrogen and oxygen atoms in total. The van der Waals surface area contributed by atoms with Gasteiger partial charge >= 0.3 is 0 Å². The van der Waals surface area contributed by atoms with Crippen molar-refractivity contribution in [3.05, 3.63) is 92.9 Å². The normalized spacial score (nSPS) is 15.1. The minimum Gasteiger partial charge on any atom is -0.368 e. The van der Waals surface area contributed by atoms with Crippen LogP contribution < -0.4 is 9.62 Å². The van der Waals surface area contributed by atoms with Crippen molar-refractivity contribution in [2.24, 2.45) is 0 Å². The Morgan fingerprint density at radius 1 is 0.917 bits per heavy atom. The van der Waals surface area contributed by atoms with Gasteiger partial charge in [-0.1, -0.05) is 71.2 Å². The van der Waals surface area contributed by atoms with Gasteiger partial charge in [-0.15, -0.1) is 0 Å². The number of carbonyl (C=O) groups excluding carboxylic acids is 1. The van der Waals surface area contributed by atoms with Crippen molar-refractivity contribution < 1.29 is 13.2 Å². The molecule has 1 N–H and O–H groups in total. The summed E-state index contributed by atoms with van der Waals surface area (Å²) in [5, 5.41) is 0.924. The van der Waals surface area contributed by atoms with Gasteiger partial charge in [0, 0.05) is 41.9 Å². The number of hydrogen-bond donors (Lipinski definition) is 1. The molecule has 0 saturated carbocycles. The molecule has 36 heavy (non-hydrogen) atoms. The van der Waals surface area contributed by atoms with Gasteiger partial charge in [-0.25, -0.2) is 8.42 Å². The smallest absolute Gasteiger partial charge is 0.242 e. The molecular formula is C26H26Cl3N3O3S. The van der Waals surface area contributed by atoms with Crippen LogP contribution in [-0.4, -0.2) is 51.4 Å². The van der Waals surface area contributed by atoms with Gasteiger partial charge in [-0.05, 0) is 54.8 Å². The van der Waals surface area contributed by atoms with E-state index in [0.29, 0.717) is 31.2 Å². The Balaban J connectivity index is 1.54. The number of aryl methyl sites for hydroxylation is 1. The molecule has 4 rings (SSSR count). The zero-order valence-corrected chi connectivity index (χ0v) is 22.7. The van der Waals surface area contributed by atoms with Crippen LogP contribution >= 0.6 is 34.8 Å². The van der Waals surface area contributed by atoms with Crippen LogP contribution in [0.3, 0.4) is 0 Å². The lowest BCUT2D eigenvalue weighted by Gasteiger charge is -2.38. The van der Waals surface area contributed by atoms with Gasteiger partial charge in [0.2, 0.25) is 15.9 Å². The van der Waals surface area contributed by atoms with Crippen LogP contribution in [0.5, 0.6) is 0 Å². The number of amides is 1. The Morgan fingerprint density at radius 3 is 2.25 bits per heavy atom. The van der Waals surface area contributed by atoms with Crippen molar-refractivity contribution >= 4 is 56.4 Å². The van der Waals surface area contributed by atoms with Crippen molar-refractivity contribution in [1.82, 2.24) is 9.62 Å². The first kappa shape index (κ1) is 26.8. The lowest BCUT2D eigenvalue weighted by molar-refractivity contribution is -0.133. The molecule has 1 saturated heterocycles. The Labute approximate surface area is 226 Å². The lowest BCUT2D eigenvalue weighted by Crippen LogP contribution is -2.55. The topological polar surface area (TPSA) is 69.7 Å². The fourth-order valence-electron chi connectivity index (χ4n) is 4.27. The Morgan fingerprint density at radius 2 is 1.56 bits per heavy atom. The van der Waals surface area contributed by atoms with Crippen LogP contribution in [0.25, 0.3) is 0 Å². The lowest BCUT2D eigenvalue weighted by atomic mass is 10.1. The summed E-state index contributed by atoms with van der Waals surface area (Å²) in [5.41, 5.74) is 2.97. The molecule has 1 aliphatic rings. The number of piperazine rings is 1. The highest BCUT2D eigenvalue weighted by molar-refractivity contribution is 7.89. The fraction of sp³-hybridized carbons (Fsp3) is 0.269. The van der Waals surface area contributed by atoms with Crippen LogP contribution in [-0.2, 0) is 21.2 Å². The molecular weight excluding hydrogens is 541 g/mol. The molecule has 3 aromatic carbocycles. The van der Waals surface area contributed by atoms with Gasteiger partial charge in [0.15, 0.2) is 0 Å². The van der Waals surface area contributed by atoms with E-state index in [-0.39, 0.29) is 27.3 Å². The number of anilines is 1. The number of sulfonamides is 1. The van der Waals surface area contributed by atoms with Gasteiger partial charge in [-0.2, -0.15) is 4.72 Å². The molecule has 10 heteroatoms. The molecule has 1 fully saturated rings. The number of nitrogens with one attached hydrogen (secondary N) is 1. The largest absolute Gasteiger partial charge is 0.368 e. The predicted molar refractivity (Wildman–Crippen MR) is 146 cm³/mol. The van der Waals surface area contributed by atoms with Crippen LogP contribution in [0.1, 0.15) is 11.1 Å². The first-order chi connectivity index (χ1) is 17.1. The third-order valence-corrected chi connectivity index (χ3v) is 8.59. The van der Waals surface area contributed by atoms with Crippen molar-refractivity contribution in [1.29, 1.82) is 0 Å². The third-order valence-electron chi connectivity index (χ3n) is 6.16. The number of benzene rings is 3. The highest BCUT2D eigenvalue weighted by Gasteiger charge is 2.32. The maximum Gasteiger partial charge on any atom is 0.242 e. The Kier molecular flexibility index (Phi) is 8.48. The quantitative estimate of drug-likeness (QED) is 0.427. The molecule has 0 spiro atoms. The highest BCUT2D eigenvalue weighted by atomic mass is 35.5. The first-order valence-electron chi connectivity index (χ1n) is 11.5. The van der Waals surface area contributed by atoms with Crippen molar-refractivity contribution in [2.75, 3.05) is 31.1 Å². The first-order valence-corrected chi connectivity index (χ1v) is 14.1. The number of hydrogen-bond acceptors (Lipinski definition) is 4. The second-order valence-corrected chi connectivity index (χ2v) is 11.6. The Hall–Kier alpha value is -2.29. The molecule has 3 aromatic rings. The van der Waals surface area contributed by atoms with E-state index in [1.165, 1.54) is 18.2 Å². The summed E-state index contributed by atoms with van der Waals surface area (Å²) in [7, 11) is -4.12. The molecule has 190 valence electrons. The van der Waals surface area contributed by atoms with Crippen LogP contribution in [0.4, 0.5) is 5.69 Å². The van der Waals surface area contributed by atoms with Gasteiger partial charge in [0.05, 0.1) is 5.02 Å². The van der Waals surface area contributed by atoms with E-state index in [2.05, 4.69) is 9.62 Å². The van der Waals surface area contributed by atoms with Crippen LogP contribution in [0.15, 0.2) is 71.6 Å². The van der Waals surface area contributed by atoms with Gasteiger partial charge in [-0.3, -0.25) is 4.79 Å². The standard InChI is InChI=1S/C26H26Cl3N3O3S/c1-18-7-8-20(27)16-24(18)31-11-13-32(14-12-31)26(33)23(15-19-5-3-2-4-6-19)30-36(34,35)25-17-21(28)9-10-22(25)29/h2-10,16-17,23,30H,11-15H2,1H3. The molecule has 0 radical (unpaired) electrons. The van der Waals surface area contributed by atoms with E-state index < -0.39 is 16.1 Å². The molecule has 1 amide bonds. The third kappa shape index (κ3) is 6.33. The molecule has 0 aromatic heterocycles. The number of nitrogens with zero attached hydrogens (tertiary/aromatic N) is 2. The fourth-order valence-corrected chi connectivity index (χ4v) is 6.39. The minimum absolute atomic E-state index is 0.0308. The number of rotatable bonds is 7. The van der Waals surface area contributed by atoms with Gasteiger partial charge in [0.1, 0.15) is 10.9 Å². The molecule has 1 unspecified atom stereocenters. The van der Waals surface area contributed by atoms with Crippen molar-refractivity contribution in [3.63, 3.8) is 0 Å². The van der Waals surface area contributed by atoms with Gasteiger partial charge < -0.3 is 9.80 Å². The second kappa shape index (κ2) is 11.4. The summed E-state index contributed by atoms with van der Waals surface area (Å²) < 4.78 is 29.1. The average molecular weight is 567 g/mol. The monoisotopic (exact) mass is 565 g/mol. The number of halogens is 3. The zero-order chi connectivity index (χ0) is 25.9. The second-order valence-electron chi connectivity index (χ2n) is 8.68. The summed E-state index contributed by atoms with van der Waals surface area (Å²) >= 11 is 18.4. The summed E-state index contributed by atoms with van der Waals surface area (Å²) in [4.78, 5) is 17.4. The molecule has 0 bridgehead atoms. The maximum absolute atomic E-state index is 13.6. The zero-order valence-electron chi connectivity index (χ0n) is 19.6. The molecule has 1 heterocycles. The summed E-state index contributed by atoms with van der Waals surface area (Å²) in [5.74, 6) is -0.289. The van der Waals surface area contributed by atoms with E-state index >= 15 is 0 Å². The molecule has 0 aliphatic carbocycles. The maximum atomic E-state index is 13.6. The van der Waals surface area contributed by atoms with E-state index in [4.69, 9.17) is 34.8 Å². The highest BCUT2D eigenvalue weighted by Crippen LogP contribution is 2.27. The molecule has 1 atom stereocenters. The van der Waals surface area contributed by atoms with Crippen LogP contribution in [0.2, 0.25) is 15.1 Å². The number of carbonyl (C=O) groups is 1. The van der Waals surface area contributed by atoms with Crippen LogP contribution in [0, 0.1) is 6.92 Å².